The van der Waals surface area contributed by atoms with Gasteiger partial charge in [-0.1, -0.05) is 29.8 Å². The zero-order valence-corrected chi connectivity index (χ0v) is 18.3. The molecule has 6 nitrogen and oxygen atoms in total. The molecule has 3 aromatic rings. The summed E-state index contributed by atoms with van der Waals surface area (Å²) in [4.78, 5) is 31.7. The highest BCUT2D eigenvalue weighted by Gasteiger charge is 2.24. The topological polar surface area (TPSA) is 74.3 Å². The molecular formula is C26H28N4O2. The van der Waals surface area contributed by atoms with E-state index in [-0.39, 0.29) is 17.9 Å². The first-order valence-corrected chi connectivity index (χ1v) is 11.0. The van der Waals surface area contributed by atoms with E-state index in [4.69, 9.17) is 0 Å². The second-order valence-corrected chi connectivity index (χ2v) is 8.16. The summed E-state index contributed by atoms with van der Waals surface area (Å²) in [6.07, 6.45) is 5.11. The van der Waals surface area contributed by atoms with Gasteiger partial charge in [0.1, 0.15) is 0 Å². The maximum absolute atomic E-state index is 12.9. The van der Waals surface area contributed by atoms with Crippen molar-refractivity contribution in [1.29, 1.82) is 0 Å². The van der Waals surface area contributed by atoms with Crippen LogP contribution in [0.4, 0.5) is 5.69 Å². The lowest BCUT2D eigenvalue weighted by molar-refractivity contribution is 0.0929. The molecule has 0 aliphatic carbocycles. The maximum atomic E-state index is 12.9. The first kappa shape index (κ1) is 21.6. The van der Waals surface area contributed by atoms with E-state index in [2.05, 4.69) is 20.5 Å². The molecule has 1 fully saturated rings. The van der Waals surface area contributed by atoms with Crippen LogP contribution in [-0.2, 0) is 6.54 Å². The van der Waals surface area contributed by atoms with Crippen molar-refractivity contribution in [2.45, 2.75) is 32.4 Å². The Hall–Kier alpha value is -3.67. The Morgan fingerprint density at radius 1 is 0.969 bits per heavy atom. The van der Waals surface area contributed by atoms with Gasteiger partial charge in [0.15, 0.2) is 0 Å². The summed E-state index contributed by atoms with van der Waals surface area (Å²) in [5, 5.41) is 6.16. The third-order valence-electron chi connectivity index (χ3n) is 5.80. The molecule has 164 valence electrons. The highest BCUT2D eigenvalue weighted by atomic mass is 16.2. The quantitative estimate of drug-likeness (QED) is 0.628. The van der Waals surface area contributed by atoms with E-state index in [1.807, 2.05) is 67.6 Å². The largest absolute Gasteiger partial charge is 0.371 e. The van der Waals surface area contributed by atoms with Crippen LogP contribution in [0.15, 0.2) is 73.1 Å². The van der Waals surface area contributed by atoms with Gasteiger partial charge in [0.05, 0.1) is 5.56 Å². The van der Waals surface area contributed by atoms with Crippen LogP contribution in [0, 0.1) is 6.92 Å². The Kier molecular flexibility index (Phi) is 6.80. The van der Waals surface area contributed by atoms with Gasteiger partial charge in [-0.3, -0.25) is 14.6 Å². The average Bonchev–Trinajstić information content (AvgIpc) is 2.84. The number of hydrogen-bond acceptors (Lipinski definition) is 4. The number of piperidine rings is 1. The Labute approximate surface area is 188 Å². The molecule has 2 heterocycles. The van der Waals surface area contributed by atoms with Crippen molar-refractivity contribution in [2.24, 2.45) is 0 Å². The van der Waals surface area contributed by atoms with E-state index in [9.17, 15) is 9.59 Å². The number of anilines is 1. The Morgan fingerprint density at radius 2 is 1.72 bits per heavy atom. The molecule has 0 unspecified atom stereocenters. The monoisotopic (exact) mass is 428 g/mol. The predicted octanol–water partition coefficient (Wildman–Crippen LogP) is 3.72. The number of carbonyl (C=O) groups excluding carboxylic acids is 2. The molecule has 0 spiro atoms. The Morgan fingerprint density at radius 3 is 2.47 bits per heavy atom. The van der Waals surface area contributed by atoms with Gasteiger partial charge < -0.3 is 15.5 Å². The number of benzene rings is 2. The molecule has 4 rings (SSSR count). The summed E-state index contributed by atoms with van der Waals surface area (Å²) >= 11 is 0. The van der Waals surface area contributed by atoms with Crippen molar-refractivity contribution in [3.8, 4) is 0 Å². The fraction of sp³-hybridized carbons (Fsp3) is 0.269. The highest BCUT2D eigenvalue weighted by Crippen LogP contribution is 2.24. The van der Waals surface area contributed by atoms with Crippen LogP contribution in [0.5, 0.6) is 0 Å². The summed E-state index contributed by atoms with van der Waals surface area (Å²) in [5.74, 6) is -0.115. The second kappa shape index (κ2) is 10.1. The van der Waals surface area contributed by atoms with Gasteiger partial charge in [-0.15, -0.1) is 0 Å². The molecule has 0 bridgehead atoms. The third-order valence-corrected chi connectivity index (χ3v) is 5.80. The Bertz CT molecular complexity index is 1080. The molecule has 6 heteroatoms. The molecular weight excluding hydrogens is 400 g/mol. The van der Waals surface area contributed by atoms with Gasteiger partial charge in [0, 0.05) is 49.3 Å². The highest BCUT2D eigenvalue weighted by molar-refractivity contribution is 5.99. The number of aromatic nitrogens is 1. The summed E-state index contributed by atoms with van der Waals surface area (Å²) in [7, 11) is 0. The van der Waals surface area contributed by atoms with E-state index < -0.39 is 0 Å². The molecule has 0 saturated carbocycles. The number of aryl methyl sites for hydroxylation is 1. The number of nitrogens with zero attached hydrogens (tertiary/aromatic N) is 2. The number of amides is 2. The minimum absolute atomic E-state index is 0.0250. The lowest BCUT2D eigenvalue weighted by Gasteiger charge is -2.35. The molecule has 1 aliphatic rings. The van der Waals surface area contributed by atoms with E-state index in [1.165, 1.54) is 0 Å². The molecule has 32 heavy (non-hydrogen) atoms. The number of nitrogens with one attached hydrogen (secondary N) is 2. The lowest BCUT2D eigenvalue weighted by atomic mass is 10.0. The predicted molar refractivity (Wildman–Crippen MR) is 126 cm³/mol. The zero-order valence-electron chi connectivity index (χ0n) is 18.3. The average molecular weight is 429 g/mol. The van der Waals surface area contributed by atoms with Crippen LogP contribution in [-0.4, -0.2) is 35.9 Å². The summed E-state index contributed by atoms with van der Waals surface area (Å²) in [5.41, 5.74) is 4.39. The first-order valence-electron chi connectivity index (χ1n) is 11.0. The first-order chi connectivity index (χ1) is 15.6. The number of para-hydroxylation sites is 1. The van der Waals surface area contributed by atoms with Gasteiger partial charge in [-0.05, 0) is 61.7 Å². The van der Waals surface area contributed by atoms with Crippen LogP contribution in [0.2, 0.25) is 0 Å². The van der Waals surface area contributed by atoms with E-state index in [0.29, 0.717) is 17.7 Å². The third kappa shape index (κ3) is 5.32. The van der Waals surface area contributed by atoms with Gasteiger partial charge in [0.25, 0.3) is 11.8 Å². The summed E-state index contributed by atoms with van der Waals surface area (Å²) < 4.78 is 0. The number of carbonyl (C=O) groups is 2. The fourth-order valence-corrected chi connectivity index (χ4v) is 4.04. The molecule has 0 atom stereocenters. The van der Waals surface area contributed by atoms with E-state index in [0.717, 1.165) is 42.7 Å². The molecule has 2 aromatic carbocycles. The molecule has 0 radical (unpaired) electrons. The van der Waals surface area contributed by atoms with Crippen LogP contribution < -0.4 is 15.5 Å². The van der Waals surface area contributed by atoms with Crippen molar-refractivity contribution in [1.82, 2.24) is 15.6 Å². The minimum Gasteiger partial charge on any atom is -0.371 e. The lowest BCUT2D eigenvalue weighted by Crippen LogP contribution is -2.45. The molecule has 1 aliphatic heterocycles. The summed E-state index contributed by atoms with van der Waals surface area (Å²) in [6, 6.07) is 19.3. The van der Waals surface area contributed by atoms with Crippen molar-refractivity contribution < 1.29 is 9.59 Å². The van der Waals surface area contributed by atoms with Crippen LogP contribution >= 0.6 is 0 Å². The summed E-state index contributed by atoms with van der Waals surface area (Å²) in [6.45, 7) is 4.02. The van der Waals surface area contributed by atoms with Gasteiger partial charge in [-0.2, -0.15) is 0 Å². The number of pyridine rings is 1. The van der Waals surface area contributed by atoms with Gasteiger partial charge >= 0.3 is 0 Å². The van der Waals surface area contributed by atoms with E-state index >= 15 is 0 Å². The maximum Gasteiger partial charge on any atom is 0.253 e. The second-order valence-electron chi connectivity index (χ2n) is 8.16. The van der Waals surface area contributed by atoms with Crippen molar-refractivity contribution in [3.05, 3.63) is 95.3 Å². The molecule has 1 saturated heterocycles. The fourth-order valence-electron chi connectivity index (χ4n) is 4.04. The number of rotatable bonds is 6. The van der Waals surface area contributed by atoms with Gasteiger partial charge in [-0.25, -0.2) is 0 Å². The van der Waals surface area contributed by atoms with Gasteiger partial charge in [0.2, 0.25) is 0 Å². The van der Waals surface area contributed by atoms with Crippen LogP contribution in [0.1, 0.15) is 44.7 Å². The molecule has 2 amide bonds. The molecule has 2 N–H and O–H groups in total. The van der Waals surface area contributed by atoms with Crippen LogP contribution in [0.25, 0.3) is 0 Å². The smallest absolute Gasteiger partial charge is 0.253 e. The number of hydrogen-bond donors (Lipinski definition) is 2. The standard InChI is InChI=1S/C26H28N4O2/c1-19-5-4-6-21(17-19)25(31)29-22-11-15-30(16-12-22)24-8-3-2-7-23(24)26(32)28-18-20-9-13-27-14-10-20/h2-10,13-14,17,22H,11-12,15-16,18H2,1H3,(H,28,32)(H,29,31). The molecule has 1 aromatic heterocycles. The van der Waals surface area contributed by atoms with Crippen molar-refractivity contribution >= 4 is 17.5 Å². The Balaban J connectivity index is 1.35. The zero-order chi connectivity index (χ0) is 22.3. The normalized spacial score (nSPS) is 14.1. The van der Waals surface area contributed by atoms with Crippen molar-refractivity contribution in [2.75, 3.05) is 18.0 Å². The minimum atomic E-state index is -0.0905. The van der Waals surface area contributed by atoms with Crippen molar-refractivity contribution in [3.63, 3.8) is 0 Å². The van der Waals surface area contributed by atoms with E-state index in [1.54, 1.807) is 12.4 Å². The van der Waals surface area contributed by atoms with Crippen LogP contribution in [0.3, 0.4) is 0 Å². The SMILES string of the molecule is Cc1cccc(C(=O)NC2CCN(c3ccccc3C(=O)NCc3ccncc3)CC2)c1.